The largest absolute Gasteiger partial charge is 0.477 e. The lowest BCUT2D eigenvalue weighted by atomic mass is 10.3. The second-order valence-corrected chi connectivity index (χ2v) is 3.96. The van der Waals surface area contributed by atoms with E-state index < -0.39 is 5.97 Å². The van der Waals surface area contributed by atoms with Crippen LogP contribution in [0.25, 0.3) is 0 Å². The minimum Gasteiger partial charge on any atom is -0.477 e. The van der Waals surface area contributed by atoms with Gasteiger partial charge in [-0.15, -0.1) is 11.3 Å². The lowest BCUT2D eigenvalue weighted by Gasteiger charge is -1.80. The number of carboxylic acids is 1. The average Bonchev–Trinajstić information content (AvgIpc) is 2.79. The Balaban J connectivity index is 2.13. The van der Waals surface area contributed by atoms with Gasteiger partial charge < -0.3 is 5.11 Å². The van der Waals surface area contributed by atoms with E-state index in [0.717, 1.165) is 5.56 Å². The van der Waals surface area contributed by atoms with Crippen LogP contribution in [0.5, 0.6) is 0 Å². The zero-order valence-electron chi connectivity index (χ0n) is 6.91. The van der Waals surface area contributed by atoms with E-state index in [1.165, 1.54) is 24.2 Å². The van der Waals surface area contributed by atoms with E-state index >= 15 is 0 Å². The molecule has 0 bridgehead atoms. The lowest BCUT2D eigenvalue weighted by molar-refractivity contribution is 0.0702. The summed E-state index contributed by atoms with van der Waals surface area (Å²) in [6.07, 6.45) is 2.39. The van der Waals surface area contributed by atoms with Crippen LogP contribution in [0.4, 0.5) is 0 Å². The van der Waals surface area contributed by atoms with Crippen molar-refractivity contribution in [1.29, 1.82) is 0 Å². The van der Waals surface area contributed by atoms with Gasteiger partial charge in [0.25, 0.3) is 0 Å². The highest BCUT2D eigenvalue weighted by molar-refractivity contribution is 7.12. The van der Waals surface area contributed by atoms with Crippen LogP contribution in [-0.2, 0) is 0 Å². The summed E-state index contributed by atoms with van der Waals surface area (Å²) < 4.78 is 0. The maximum atomic E-state index is 10.5. The van der Waals surface area contributed by atoms with Crippen LogP contribution in [0.1, 0.15) is 28.1 Å². The maximum absolute atomic E-state index is 10.5. The number of hydrogen-bond acceptors (Lipinski definition) is 2. The smallest absolute Gasteiger partial charge is 0.345 e. The summed E-state index contributed by atoms with van der Waals surface area (Å²) in [4.78, 5) is 10.9. The zero-order chi connectivity index (χ0) is 9.26. The first-order valence-electron chi connectivity index (χ1n) is 4.09. The topological polar surface area (TPSA) is 37.3 Å². The van der Waals surface area contributed by atoms with E-state index in [2.05, 4.69) is 11.8 Å². The minimum absolute atomic E-state index is 0.361. The summed E-state index contributed by atoms with van der Waals surface area (Å²) in [6.45, 7) is 0. The second-order valence-electron chi connectivity index (χ2n) is 3.05. The first kappa shape index (κ1) is 8.33. The maximum Gasteiger partial charge on any atom is 0.345 e. The van der Waals surface area contributed by atoms with Gasteiger partial charge in [-0.25, -0.2) is 4.79 Å². The molecule has 1 fully saturated rings. The molecule has 2 rings (SSSR count). The van der Waals surface area contributed by atoms with E-state index in [4.69, 9.17) is 5.11 Å². The van der Waals surface area contributed by atoms with E-state index in [0.29, 0.717) is 10.8 Å². The number of rotatable bonds is 1. The molecule has 0 radical (unpaired) electrons. The van der Waals surface area contributed by atoms with Crippen molar-refractivity contribution in [1.82, 2.24) is 0 Å². The molecule has 2 nitrogen and oxygen atoms in total. The Hall–Kier alpha value is -1.27. The Morgan fingerprint density at radius 2 is 2.38 bits per heavy atom. The molecule has 1 aliphatic carbocycles. The van der Waals surface area contributed by atoms with Crippen molar-refractivity contribution in [3.05, 3.63) is 21.9 Å². The van der Waals surface area contributed by atoms with Gasteiger partial charge in [0.05, 0.1) is 0 Å². The van der Waals surface area contributed by atoms with Crippen LogP contribution >= 0.6 is 11.3 Å². The van der Waals surface area contributed by atoms with Crippen molar-refractivity contribution < 1.29 is 9.90 Å². The third-order valence-electron chi connectivity index (χ3n) is 1.81. The van der Waals surface area contributed by atoms with Crippen LogP contribution in [0.2, 0.25) is 0 Å². The van der Waals surface area contributed by atoms with E-state index in [1.54, 1.807) is 11.4 Å². The standard InChI is InChI=1S/C10H8O2S/c11-10(12)9-5-8(6-13-9)4-3-7-1-2-7/h5-7H,1-2H2,(H,11,12). The SMILES string of the molecule is O=C(O)c1cc(C#CC2CC2)cs1. The number of carboxylic acid groups (broad SMARTS) is 1. The Bertz CT molecular complexity index is 391. The van der Waals surface area contributed by atoms with Gasteiger partial charge in [-0.1, -0.05) is 11.8 Å². The van der Waals surface area contributed by atoms with Crippen molar-refractivity contribution in [2.45, 2.75) is 12.8 Å². The molecule has 0 aromatic carbocycles. The first-order valence-corrected chi connectivity index (χ1v) is 4.97. The van der Waals surface area contributed by atoms with Crippen molar-refractivity contribution in [2.24, 2.45) is 5.92 Å². The van der Waals surface area contributed by atoms with Crippen LogP contribution < -0.4 is 0 Å². The van der Waals surface area contributed by atoms with Gasteiger partial charge in [-0.2, -0.15) is 0 Å². The quantitative estimate of drug-likeness (QED) is 0.692. The van der Waals surface area contributed by atoms with Crippen LogP contribution in [-0.4, -0.2) is 11.1 Å². The summed E-state index contributed by atoms with van der Waals surface area (Å²) in [5, 5.41) is 10.4. The van der Waals surface area contributed by atoms with Gasteiger partial charge in [0.2, 0.25) is 0 Å². The lowest BCUT2D eigenvalue weighted by Crippen LogP contribution is -1.89. The van der Waals surface area contributed by atoms with E-state index in [1.807, 2.05) is 0 Å². The van der Waals surface area contributed by atoms with Gasteiger partial charge in [0, 0.05) is 16.9 Å². The van der Waals surface area contributed by atoms with Crippen LogP contribution in [0.3, 0.4) is 0 Å². The molecule has 1 aromatic rings. The van der Waals surface area contributed by atoms with Crippen molar-refractivity contribution in [3.8, 4) is 11.8 Å². The Morgan fingerprint density at radius 1 is 1.62 bits per heavy atom. The molecule has 13 heavy (non-hydrogen) atoms. The highest BCUT2D eigenvalue weighted by atomic mass is 32.1. The van der Waals surface area contributed by atoms with Gasteiger partial charge in [-0.3, -0.25) is 0 Å². The monoisotopic (exact) mass is 192 g/mol. The van der Waals surface area contributed by atoms with Crippen molar-refractivity contribution >= 4 is 17.3 Å². The molecule has 0 amide bonds. The predicted octanol–water partition coefficient (Wildman–Crippen LogP) is 2.21. The van der Waals surface area contributed by atoms with Crippen molar-refractivity contribution in [2.75, 3.05) is 0 Å². The van der Waals surface area contributed by atoms with Gasteiger partial charge in [0.15, 0.2) is 0 Å². The van der Waals surface area contributed by atoms with E-state index in [9.17, 15) is 4.79 Å². The molecule has 3 heteroatoms. The predicted molar refractivity (Wildman–Crippen MR) is 50.9 cm³/mol. The highest BCUT2D eigenvalue weighted by Crippen LogP contribution is 2.27. The molecule has 1 aliphatic rings. The molecule has 0 unspecified atom stereocenters. The van der Waals surface area contributed by atoms with E-state index in [-0.39, 0.29) is 0 Å². The molecule has 0 saturated heterocycles. The average molecular weight is 192 g/mol. The molecule has 0 atom stereocenters. The molecular formula is C10H8O2S. The Labute approximate surface area is 80.2 Å². The van der Waals surface area contributed by atoms with Gasteiger partial charge in [0.1, 0.15) is 4.88 Å². The van der Waals surface area contributed by atoms with Crippen LogP contribution in [0, 0.1) is 17.8 Å². The molecule has 0 spiro atoms. The molecule has 0 aliphatic heterocycles. The molecule has 1 aromatic heterocycles. The Kier molecular flexibility index (Phi) is 2.07. The fourth-order valence-corrected chi connectivity index (χ4v) is 1.60. The summed E-state index contributed by atoms with van der Waals surface area (Å²) >= 11 is 1.23. The van der Waals surface area contributed by atoms with Gasteiger partial charge >= 0.3 is 5.97 Å². The zero-order valence-corrected chi connectivity index (χ0v) is 7.73. The van der Waals surface area contributed by atoms with Crippen molar-refractivity contribution in [3.63, 3.8) is 0 Å². The molecule has 1 saturated carbocycles. The molecular weight excluding hydrogens is 184 g/mol. The fourth-order valence-electron chi connectivity index (χ4n) is 0.927. The summed E-state index contributed by atoms with van der Waals surface area (Å²) in [5.41, 5.74) is 0.828. The third-order valence-corrected chi connectivity index (χ3v) is 2.73. The number of thiophene rings is 1. The molecule has 1 N–H and O–H groups in total. The first-order chi connectivity index (χ1) is 6.25. The summed E-state index contributed by atoms with van der Waals surface area (Å²) in [7, 11) is 0. The number of aromatic carboxylic acids is 1. The number of hydrogen-bond donors (Lipinski definition) is 1. The number of carbonyl (C=O) groups is 1. The fraction of sp³-hybridized carbons (Fsp3) is 0.300. The normalized spacial score (nSPS) is 14.8. The Morgan fingerprint density at radius 3 is 2.92 bits per heavy atom. The highest BCUT2D eigenvalue weighted by Gasteiger charge is 2.17. The minimum atomic E-state index is -0.871. The van der Waals surface area contributed by atoms with Crippen LogP contribution in [0.15, 0.2) is 11.4 Å². The molecule has 1 heterocycles. The third kappa shape index (κ3) is 2.10. The second kappa shape index (κ2) is 3.23. The summed E-state index contributed by atoms with van der Waals surface area (Å²) in [5.74, 6) is 5.76. The molecule has 66 valence electrons. The summed E-state index contributed by atoms with van der Waals surface area (Å²) in [6, 6.07) is 1.63. The van der Waals surface area contributed by atoms with Gasteiger partial charge in [-0.05, 0) is 18.9 Å².